The molecule has 0 amide bonds. The zero-order chi connectivity index (χ0) is 10.3. The first kappa shape index (κ1) is 9.56. The number of hydrogen-bond acceptors (Lipinski definition) is 1. The van der Waals surface area contributed by atoms with E-state index < -0.39 is 0 Å². The number of rotatable bonds is 1. The number of halogens is 1. The second kappa shape index (κ2) is 3.30. The molecule has 0 radical (unpaired) electrons. The van der Waals surface area contributed by atoms with E-state index in [9.17, 15) is 0 Å². The summed E-state index contributed by atoms with van der Waals surface area (Å²) in [7, 11) is 0. The fourth-order valence-electron chi connectivity index (χ4n) is 1.83. The summed E-state index contributed by atoms with van der Waals surface area (Å²) in [5.41, 5.74) is 10.2. The van der Waals surface area contributed by atoms with Crippen LogP contribution in [0.5, 0.6) is 0 Å². The number of aromatic nitrogens is 1. The first-order valence-electron chi connectivity index (χ1n) is 4.61. The molecule has 2 nitrogen and oxygen atoms in total. The van der Waals surface area contributed by atoms with Crippen LogP contribution in [-0.2, 0) is 6.54 Å². The van der Waals surface area contributed by atoms with Gasteiger partial charge in [0.05, 0.1) is 5.52 Å². The molecule has 14 heavy (non-hydrogen) atoms. The zero-order valence-corrected chi connectivity index (χ0v) is 9.07. The molecule has 0 aliphatic heterocycles. The summed E-state index contributed by atoms with van der Waals surface area (Å²) in [5, 5.41) is 1.98. The van der Waals surface area contributed by atoms with Crippen molar-refractivity contribution in [2.75, 3.05) is 0 Å². The molecule has 0 aliphatic carbocycles. The minimum absolute atomic E-state index is 0.562. The van der Waals surface area contributed by atoms with Crippen LogP contribution in [0.2, 0.25) is 5.02 Å². The summed E-state index contributed by atoms with van der Waals surface area (Å²) in [6, 6.07) is 3.95. The first-order chi connectivity index (χ1) is 6.65. The highest BCUT2D eigenvalue weighted by atomic mass is 35.5. The standard InChI is InChI=1S/C11H13ClN2/c1-6-10(12)4-3-8-9(5-13)7(2)14-11(6)8/h3-4,14H,5,13H2,1-2H3. The molecule has 0 spiro atoms. The molecule has 0 fully saturated rings. The summed E-state index contributed by atoms with van der Waals surface area (Å²) < 4.78 is 0. The predicted molar refractivity (Wildman–Crippen MR) is 60.7 cm³/mol. The molecule has 0 unspecified atom stereocenters. The number of nitrogens with one attached hydrogen (secondary N) is 1. The van der Waals surface area contributed by atoms with Crippen LogP contribution in [0.15, 0.2) is 12.1 Å². The van der Waals surface area contributed by atoms with Gasteiger partial charge in [0.1, 0.15) is 0 Å². The van der Waals surface area contributed by atoms with Crippen LogP contribution in [-0.4, -0.2) is 4.98 Å². The van der Waals surface area contributed by atoms with Gasteiger partial charge in [-0.15, -0.1) is 0 Å². The summed E-state index contributed by atoms with van der Waals surface area (Å²) in [5.74, 6) is 0. The summed E-state index contributed by atoms with van der Waals surface area (Å²) in [4.78, 5) is 3.32. The Labute approximate surface area is 88.1 Å². The van der Waals surface area contributed by atoms with Crippen molar-refractivity contribution in [3.63, 3.8) is 0 Å². The third-order valence-electron chi connectivity index (χ3n) is 2.69. The third kappa shape index (κ3) is 1.22. The summed E-state index contributed by atoms with van der Waals surface area (Å²) in [6.45, 7) is 4.61. The molecule has 0 saturated carbocycles. The Balaban J connectivity index is 2.87. The second-order valence-electron chi connectivity index (χ2n) is 3.53. The van der Waals surface area contributed by atoms with Crippen LogP contribution in [0.1, 0.15) is 16.8 Å². The van der Waals surface area contributed by atoms with Crippen molar-refractivity contribution in [1.82, 2.24) is 4.98 Å². The maximum atomic E-state index is 6.04. The van der Waals surface area contributed by atoms with E-state index in [1.165, 1.54) is 10.9 Å². The lowest BCUT2D eigenvalue weighted by molar-refractivity contribution is 1.05. The molecule has 2 rings (SSSR count). The maximum absolute atomic E-state index is 6.04. The van der Waals surface area contributed by atoms with Gasteiger partial charge in [-0.3, -0.25) is 0 Å². The van der Waals surface area contributed by atoms with E-state index in [1.54, 1.807) is 0 Å². The second-order valence-corrected chi connectivity index (χ2v) is 3.93. The Morgan fingerprint density at radius 3 is 2.71 bits per heavy atom. The number of benzene rings is 1. The van der Waals surface area contributed by atoms with Crippen LogP contribution in [0.4, 0.5) is 0 Å². The van der Waals surface area contributed by atoms with Gasteiger partial charge in [-0.1, -0.05) is 17.7 Å². The fourth-order valence-corrected chi connectivity index (χ4v) is 1.98. The topological polar surface area (TPSA) is 41.8 Å². The summed E-state index contributed by atoms with van der Waals surface area (Å²) in [6.07, 6.45) is 0. The normalized spacial score (nSPS) is 11.1. The van der Waals surface area contributed by atoms with E-state index in [0.29, 0.717) is 6.54 Å². The fraction of sp³-hybridized carbons (Fsp3) is 0.273. The van der Waals surface area contributed by atoms with Crippen molar-refractivity contribution in [1.29, 1.82) is 0 Å². The molecule has 1 aromatic carbocycles. The highest BCUT2D eigenvalue weighted by Crippen LogP contribution is 2.28. The monoisotopic (exact) mass is 208 g/mol. The Morgan fingerprint density at radius 1 is 1.36 bits per heavy atom. The number of aromatic amines is 1. The van der Waals surface area contributed by atoms with Gasteiger partial charge in [-0.2, -0.15) is 0 Å². The lowest BCUT2D eigenvalue weighted by Gasteiger charge is -1.99. The molecule has 0 aliphatic rings. The highest BCUT2D eigenvalue weighted by Gasteiger charge is 2.09. The molecule has 3 N–H and O–H groups in total. The quantitative estimate of drug-likeness (QED) is 0.744. The average Bonchev–Trinajstić information content (AvgIpc) is 2.49. The number of hydrogen-bond donors (Lipinski definition) is 2. The number of aryl methyl sites for hydroxylation is 2. The van der Waals surface area contributed by atoms with E-state index in [1.807, 2.05) is 26.0 Å². The first-order valence-corrected chi connectivity index (χ1v) is 4.99. The van der Waals surface area contributed by atoms with Crippen LogP contribution < -0.4 is 5.73 Å². The van der Waals surface area contributed by atoms with Gasteiger partial charge < -0.3 is 10.7 Å². The zero-order valence-electron chi connectivity index (χ0n) is 8.32. The van der Waals surface area contributed by atoms with Crippen molar-refractivity contribution in [3.05, 3.63) is 34.0 Å². The van der Waals surface area contributed by atoms with E-state index in [4.69, 9.17) is 17.3 Å². The number of H-pyrrole nitrogens is 1. The lowest BCUT2D eigenvalue weighted by atomic mass is 10.1. The minimum Gasteiger partial charge on any atom is -0.358 e. The van der Waals surface area contributed by atoms with E-state index >= 15 is 0 Å². The van der Waals surface area contributed by atoms with Gasteiger partial charge >= 0.3 is 0 Å². The Hall–Kier alpha value is -0.990. The highest BCUT2D eigenvalue weighted by molar-refractivity contribution is 6.32. The van der Waals surface area contributed by atoms with Gasteiger partial charge in [0, 0.05) is 22.6 Å². The molecule has 3 heteroatoms. The van der Waals surface area contributed by atoms with Crippen LogP contribution in [0.3, 0.4) is 0 Å². The average molecular weight is 209 g/mol. The van der Waals surface area contributed by atoms with E-state index in [-0.39, 0.29) is 0 Å². The predicted octanol–water partition coefficient (Wildman–Crippen LogP) is 2.90. The molecular weight excluding hydrogens is 196 g/mol. The molecular formula is C11H13ClN2. The van der Waals surface area contributed by atoms with Gasteiger partial charge in [0.15, 0.2) is 0 Å². The van der Waals surface area contributed by atoms with Crippen molar-refractivity contribution in [2.45, 2.75) is 20.4 Å². The largest absolute Gasteiger partial charge is 0.358 e. The molecule has 74 valence electrons. The smallest absolute Gasteiger partial charge is 0.0504 e. The molecule has 1 heterocycles. The number of nitrogens with two attached hydrogens (primary N) is 1. The van der Waals surface area contributed by atoms with Gasteiger partial charge in [-0.05, 0) is 31.0 Å². The van der Waals surface area contributed by atoms with Crippen molar-refractivity contribution in [3.8, 4) is 0 Å². The molecule has 0 atom stereocenters. The molecule has 0 saturated heterocycles. The van der Waals surface area contributed by atoms with Gasteiger partial charge in [-0.25, -0.2) is 0 Å². The van der Waals surface area contributed by atoms with E-state index in [0.717, 1.165) is 21.8 Å². The van der Waals surface area contributed by atoms with Gasteiger partial charge in [0.2, 0.25) is 0 Å². The van der Waals surface area contributed by atoms with E-state index in [2.05, 4.69) is 4.98 Å². The van der Waals surface area contributed by atoms with Crippen molar-refractivity contribution >= 4 is 22.5 Å². The number of fused-ring (bicyclic) bond motifs is 1. The molecule has 0 bridgehead atoms. The Bertz CT molecular complexity index is 485. The van der Waals surface area contributed by atoms with Crippen LogP contribution in [0.25, 0.3) is 10.9 Å². The maximum Gasteiger partial charge on any atom is 0.0504 e. The minimum atomic E-state index is 0.562. The van der Waals surface area contributed by atoms with Crippen molar-refractivity contribution < 1.29 is 0 Å². The molecule has 1 aromatic heterocycles. The van der Waals surface area contributed by atoms with Gasteiger partial charge in [0.25, 0.3) is 0 Å². The van der Waals surface area contributed by atoms with Crippen LogP contribution >= 0.6 is 11.6 Å². The van der Waals surface area contributed by atoms with Crippen LogP contribution in [0, 0.1) is 13.8 Å². The summed E-state index contributed by atoms with van der Waals surface area (Å²) >= 11 is 6.04. The third-order valence-corrected chi connectivity index (χ3v) is 3.10. The lowest BCUT2D eigenvalue weighted by Crippen LogP contribution is -1.96. The SMILES string of the molecule is Cc1[nH]c2c(C)c(Cl)ccc2c1CN. The van der Waals surface area contributed by atoms with Crippen molar-refractivity contribution in [2.24, 2.45) is 5.73 Å². The Kier molecular flexibility index (Phi) is 2.25. The Morgan fingerprint density at radius 2 is 2.07 bits per heavy atom. The molecule has 2 aromatic rings.